The smallest absolute Gasteiger partial charge is 0.0901 e. The molecule has 1 atom stereocenters. The molecule has 2 fully saturated rings. The minimum atomic E-state index is -0.666. The molecule has 0 bridgehead atoms. The zero-order valence-electron chi connectivity index (χ0n) is 10.6. The van der Waals surface area contributed by atoms with Crippen molar-refractivity contribution < 1.29 is 10.2 Å². The van der Waals surface area contributed by atoms with Crippen LogP contribution in [0.3, 0.4) is 0 Å². The van der Waals surface area contributed by atoms with Gasteiger partial charge in [-0.05, 0) is 43.8 Å². The van der Waals surface area contributed by atoms with Gasteiger partial charge in [0, 0.05) is 0 Å². The molecule has 0 unspecified atom stereocenters. The molecule has 0 amide bonds. The van der Waals surface area contributed by atoms with Crippen LogP contribution in [0.4, 0.5) is 0 Å². The minimum absolute atomic E-state index is 0.325. The molecular weight excluding hydrogens is 212 g/mol. The molecule has 2 saturated carbocycles. The Morgan fingerprint density at radius 2 is 1.76 bits per heavy atom. The SMILES string of the molecule is O[C@@H]1CCCCC1=C=CC1(O)CCCCCC1. The first-order valence-electron chi connectivity index (χ1n) is 7.07. The average molecular weight is 236 g/mol. The Morgan fingerprint density at radius 3 is 2.41 bits per heavy atom. The van der Waals surface area contributed by atoms with Crippen LogP contribution in [0.5, 0.6) is 0 Å². The normalized spacial score (nSPS) is 29.3. The Kier molecular flexibility index (Phi) is 4.44. The number of hydrogen-bond donors (Lipinski definition) is 2. The van der Waals surface area contributed by atoms with Crippen LogP contribution in [0.1, 0.15) is 64.2 Å². The van der Waals surface area contributed by atoms with E-state index in [1.165, 1.54) is 12.8 Å². The van der Waals surface area contributed by atoms with Crippen molar-refractivity contribution in [1.82, 2.24) is 0 Å². The van der Waals surface area contributed by atoms with Gasteiger partial charge in [0.25, 0.3) is 0 Å². The fourth-order valence-corrected chi connectivity index (χ4v) is 2.87. The second-order valence-corrected chi connectivity index (χ2v) is 5.59. The molecule has 17 heavy (non-hydrogen) atoms. The van der Waals surface area contributed by atoms with Crippen LogP contribution in [0.25, 0.3) is 0 Å². The van der Waals surface area contributed by atoms with Gasteiger partial charge >= 0.3 is 0 Å². The van der Waals surface area contributed by atoms with Gasteiger partial charge in [0.2, 0.25) is 0 Å². The lowest BCUT2D eigenvalue weighted by molar-refractivity contribution is 0.0747. The Labute approximate surface area is 104 Å². The predicted octanol–water partition coefficient (Wildman–Crippen LogP) is 3.09. The van der Waals surface area contributed by atoms with Crippen LogP contribution in [0, 0.1) is 0 Å². The van der Waals surface area contributed by atoms with Gasteiger partial charge in [0.1, 0.15) is 0 Å². The number of aliphatic hydroxyl groups is 2. The van der Waals surface area contributed by atoms with Crippen LogP contribution < -0.4 is 0 Å². The summed E-state index contributed by atoms with van der Waals surface area (Å²) in [7, 11) is 0. The molecule has 0 aromatic carbocycles. The summed E-state index contributed by atoms with van der Waals surface area (Å²) < 4.78 is 0. The maximum atomic E-state index is 10.5. The molecule has 2 N–H and O–H groups in total. The largest absolute Gasteiger partial charge is 0.388 e. The molecule has 0 saturated heterocycles. The molecule has 0 aliphatic heterocycles. The van der Waals surface area contributed by atoms with Gasteiger partial charge in [-0.15, -0.1) is 5.73 Å². The van der Waals surface area contributed by atoms with Crippen LogP contribution in [0.15, 0.2) is 17.4 Å². The molecule has 2 aliphatic rings. The summed E-state index contributed by atoms with van der Waals surface area (Å²) in [6.07, 6.45) is 11.9. The van der Waals surface area contributed by atoms with E-state index in [0.717, 1.165) is 56.9 Å². The van der Waals surface area contributed by atoms with E-state index in [2.05, 4.69) is 5.73 Å². The van der Waals surface area contributed by atoms with E-state index in [1.807, 2.05) is 6.08 Å². The zero-order valence-corrected chi connectivity index (χ0v) is 10.6. The number of hydrogen-bond acceptors (Lipinski definition) is 2. The van der Waals surface area contributed by atoms with Crippen LogP contribution in [-0.2, 0) is 0 Å². The quantitative estimate of drug-likeness (QED) is 0.542. The lowest BCUT2D eigenvalue weighted by atomic mass is 9.90. The third-order valence-electron chi connectivity index (χ3n) is 4.07. The van der Waals surface area contributed by atoms with Crippen molar-refractivity contribution in [2.24, 2.45) is 0 Å². The van der Waals surface area contributed by atoms with E-state index >= 15 is 0 Å². The molecule has 2 rings (SSSR count). The third kappa shape index (κ3) is 3.70. The maximum absolute atomic E-state index is 10.5. The minimum Gasteiger partial charge on any atom is -0.388 e. The second kappa shape index (κ2) is 5.86. The average Bonchev–Trinajstić information content (AvgIpc) is 2.54. The highest BCUT2D eigenvalue weighted by molar-refractivity contribution is 5.13. The molecule has 0 aromatic heterocycles. The first-order chi connectivity index (χ1) is 8.20. The van der Waals surface area contributed by atoms with Gasteiger partial charge in [-0.1, -0.05) is 32.1 Å². The van der Waals surface area contributed by atoms with E-state index in [9.17, 15) is 10.2 Å². The van der Waals surface area contributed by atoms with Crippen molar-refractivity contribution in [3.63, 3.8) is 0 Å². The summed E-state index contributed by atoms with van der Waals surface area (Å²) in [5, 5.41) is 20.3. The summed E-state index contributed by atoms with van der Waals surface area (Å²) in [6, 6.07) is 0. The van der Waals surface area contributed by atoms with Crippen molar-refractivity contribution in [2.45, 2.75) is 75.9 Å². The Hall–Kier alpha value is -0.560. The maximum Gasteiger partial charge on any atom is 0.0901 e. The first-order valence-corrected chi connectivity index (χ1v) is 7.07. The van der Waals surface area contributed by atoms with Crippen molar-refractivity contribution in [3.05, 3.63) is 17.4 Å². The summed E-state index contributed by atoms with van der Waals surface area (Å²) >= 11 is 0. The summed E-state index contributed by atoms with van der Waals surface area (Å²) in [5.41, 5.74) is 3.53. The Bertz CT molecular complexity index is 305. The summed E-state index contributed by atoms with van der Waals surface area (Å²) in [5.74, 6) is 0. The topological polar surface area (TPSA) is 40.5 Å². The molecule has 0 radical (unpaired) electrons. The molecular formula is C15H24O2. The first kappa shape index (κ1) is 12.9. The lowest BCUT2D eigenvalue weighted by Gasteiger charge is -2.22. The summed E-state index contributed by atoms with van der Waals surface area (Å²) in [4.78, 5) is 0. The van der Waals surface area contributed by atoms with Crippen LogP contribution in [0.2, 0.25) is 0 Å². The summed E-state index contributed by atoms with van der Waals surface area (Å²) in [6.45, 7) is 0. The van der Waals surface area contributed by atoms with E-state index in [-0.39, 0.29) is 6.10 Å². The standard InChI is InChI=1S/C15H24O2/c16-14-8-4-3-7-13(14)9-12-15(17)10-5-1-2-6-11-15/h12,14,16-17H,1-8,10-11H2/t9?,14-/m1/s1. The Morgan fingerprint density at radius 1 is 1.06 bits per heavy atom. The van der Waals surface area contributed by atoms with Gasteiger partial charge in [-0.25, -0.2) is 0 Å². The Balaban J connectivity index is 2.08. The molecule has 2 nitrogen and oxygen atoms in total. The third-order valence-corrected chi connectivity index (χ3v) is 4.07. The fourth-order valence-electron chi connectivity index (χ4n) is 2.87. The fraction of sp³-hybridized carbons (Fsp3) is 0.800. The van der Waals surface area contributed by atoms with Crippen LogP contribution >= 0.6 is 0 Å². The van der Waals surface area contributed by atoms with Gasteiger partial charge in [-0.2, -0.15) is 0 Å². The highest BCUT2D eigenvalue weighted by Gasteiger charge is 2.25. The molecule has 2 heteroatoms. The van der Waals surface area contributed by atoms with Gasteiger partial charge in [0.05, 0.1) is 11.7 Å². The van der Waals surface area contributed by atoms with Crippen molar-refractivity contribution in [3.8, 4) is 0 Å². The molecule has 0 spiro atoms. The van der Waals surface area contributed by atoms with Gasteiger partial charge in [-0.3, -0.25) is 0 Å². The highest BCUT2D eigenvalue weighted by atomic mass is 16.3. The van der Waals surface area contributed by atoms with Crippen LogP contribution in [-0.4, -0.2) is 21.9 Å². The van der Waals surface area contributed by atoms with E-state index in [0.29, 0.717) is 0 Å². The van der Waals surface area contributed by atoms with Crippen molar-refractivity contribution in [1.29, 1.82) is 0 Å². The monoisotopic (exact) mass is 236 g/mol. The molecule has 96 valence electrons. The predicted molar refractivity (Wildman–Crippen MR) is 68.7 cm³/mol. The van der Waals surface area contributed by atoms with E-state index in [4.69, 9.17) is 0 Å². The molecule has 2 aliphatic carbocycles. The van der Waals surface area contributed by atoms with Gasteiger partial charge < -0.3 is 10.2 Å². The number of rotatable bonds is 1. The van der Waals surface area contributed by atoms with E-state index < -0.39 is 5.60 Å². The zero-order chi connectivity index (χ0) is 12.1. The number of aliphatic hydroxyl groups excluding tert-OH is 1. The molecule has 0 heterocycles. The van der Waals surface area contributed by atoms with Gasteiger partial charge in [0.15, 0.2) is 0 Å². The van der Waals surface area contributed by atoms with Crippen molar-refractivity contribution >= 4 is 0 Å². The lowest BCUT2D eigenvalue weighted by Crippen LogP contribution is -2.24. The molecule has 0 aromatic rings. The van der Waals surface area contributed by atoms with Crippen molar-refractivity contribution in [2.75, 3.05) is 0 Å². The highest BCUT2D eigenvalue weighted by Crippen LogP contribution is 2.29. The van der Waals surface area contributed by atoms with E-state index in [1.54, 1.807) is 0 Å². The second-order valence-electron chi connectivity index (χ2n) is 5.59.